The van der Waals surface area contributed by atoms with Gasteiger partial charge in [-0.1, -0.05) is 19.4 Å². The number of nitrogens with one attached hydrogen (secondary N) is 1. The number of carbonyl (C=O) groups excluding carboxylic acids is 1. The number of carbonyl (C=O) groups is 1. The minimum atomic E-state index is -0.522. The minimum absolute atomic E-state index is 0.131. The number of amides is 1. The molecule has 8 nitrogen and oxygen atoms in total. The molecule has 1 amide bonds. The van der Waals surface area contributed by atoms with Crippen LogP contribution in [0.4, 0.5) is 11.4 Å². The summed E-state index contributed by atoms with van der Waals surface area (Å²) >= 11 is 0. The van der Waals surface area contributed by atoms with Crippen LogP contribution < -0.4 is 10.1 Å². The van der Waals surface area contributed by atoms with Crippen molar-refractivity contribution < 1.29 is 14.5 Å². The molecule has 0 saturated carbocycles. The minimum Gasteiger partial charge on any atom is -0.495 e. The number of fused-ring (bicyclic) bond motifs is 1. The smallest absolute Gasteiger partial charge is 0.274 e. The first-order valence-electron chi connectivity index (χ1n) is 8.15. The topological polar surface area (TPSA) is 98.8 Å². The van der Waals surface area contributed by atoms with Gasteiger partial charge in [0.2, 0.25) is 0 Å². The summed E-state index contributed by atoms with van der Waals surface area (Å²) in [6.45, 7) is 2.01. The van der Waals surface area contributed by atoms with Crippen molar-refractivity contribution in [2.45, 2.75) is 19.8 Å². The third-order valence-corrected chi connectivity index (χ3v) is 3.95. The molecule has 0 radical (unpaired) electrons. The monoisotopic (exact) mass is 354 g/mol. The van der Waals surface area contributed by atoms with Crippen LogP contribution in [0.5, 0.6) is 5.75 Å². The fraction of sp³-hybridized carbons (Fsp3) is 0.222. The van der Waals surface area contributed by atoms with Gasteiger partial charge in [-0.2, -0.15) is 0 Å². The van der Waals surface area contributed by atoms with Crippen molar-refractivity contribution >= 4 is 22.9 Å². The third-order valence-electron chi connectivity index (χ3n) is 3.95. The zero-order chi connectivity index (χ0) is 18.7. The Balaban J connectivity index is 2.03. The van der Waals surface area contributed by atoms with Gasteiger partial charge in [-0.05, 0) is 24.6 Å². The van der Waals surface area contributed by atoms with E-state index in [-0.39, 0.29) is 11.4 Å². The molecule has 0 fully saturated rings. The quantitative estimate of drug-likeness (QED) is 0.540. The van der Waals surface area contributed by atoms with Gasteiger partial charge in [-0.3, -0.25) is 19.3 Å². The Morgan fingerprint density at radius 1 is 1.35 bits per heavy atom. The summed E-state index contributed by atoms with van der Waals surface area (Å²) in [4.78, 5) is 28.0. The van der Waals surface area contributed by atoms with Crippen LogP contribution in [-0.4, -0.2) is 27.3 Å². The van der Waals surface area contributed by atoms with E-state index in [1.807, 2.05) is 25.1 Å². The van der Waals surface area contributed by atoms with Crippen molar-refractivity contribution in [2.75, 3.05) is 12.4 Å². The van der Waals surface area contributed by atoms with Gasteiger partial charge in [0.15, 0.2) is 0 Å². The van der Waals surface area contributed by atoms with Crippen LogP contribution in [0.2, 0.25) is 0 Å². The number of hydrogen-bond acceptors (Lipinski definition) is 5. The molecule has 0 saturated heterocycles. The number of imidazole rings is 1. The fourth-order valence-corrected chi connectivity index (χ4v) is 2.78. The molecule has 8 heteroatoms. The fourth-order valence-electron chi connectivity index (χ4n) is 2.78. The predicted octanol–water partition coefficient (Wildman–Crippen LogP) is 3.46. The molecule has 0 unspecified atom stereocenters. The van der Waals surface area contributed by atoms with Crippen LogP contribution in [0.15, 0.2) is 42.6 Å². The zero-order valence-corrected chi connectivity index (χ0v) is 14.4. The number of nitro groups is 1. The summed E-state index contributed by atoms with van der Waals surface area (Å²) in [7, 11) is 1.44. The molecule has 2 heterocycles. The molecule has 1 N–H and O–H groups in total. The van der Waals surface area contributed by atoms with Crippen LogP contribution >= 0.6 is 0 Å². The first-order valence-corrected chi connectivity index (χ1v) is 8.15. The Bertz CT molecular complexity index is 980. The molecule has 2 aromatic heterocycles. The van der Waals surface area contributed by atoms with Gasteiger partial charge in [0, 0.05) is 18.3 Å². The second-order valence-electron chi connectivity index (χ2n) is 5.68. The van der Waals surface area contributed by atoms with E-state index in [0.717, 1.165) is 6.42 Å². The van der Waals surface area contributed by atoms with Crippen LogP contribution in [0.25, 0.3) is 5.65 Å². The highest BCUT2D eigenvalue weighted by molar-refractivity contribution is 6.05. The number of nitrogens with zero attached hydrogens (tertiary/aromatic N) is 3. The van der Waals surface area contributed by atoms with E-state index >= 15 is 0 Å². The Labute approximate surface area is 149 Å². The number of non-ortho nitro benzene ring substituents is 1. The van der Waals surface area contributed by atoms with Gasteiger partial charge < -0.3 is 10.1 Å². The maximum absolute atomic E-state index is 12.9. The van der Waals surface area contributed by atoms with Gasteiger partial charge >= 0.3 is 0 Å². The SMILES string of the molecule is CCCc1nc2ccccn2c1C(=O)Nc1cc([N+](=O)[O-])ccc1OC. The number of ether oxygens (including phenoxy) is 1. The first-order chi connectivity index (χ1) is 12.5. The standard InChI is InChI=1S/C18H18N4O4/c1-3-6-13-17(21-10-5-4-7-16(21)19-13)18(23)20-14-11-12(22(24)25)8-9-15(14)26-2/h4-5,7-11H,3,6H2,1-2H3,(H,20,23). The zero-order valence-electron chi connectivity index (χ0n) is 14.4. The summed E-state index contributed by atoms with van der Waals surface area (Å²) < 4.78 is 6.92. The second-order valence-corrected chi connectivity index (χ2v) is 5.68. The molecular formula is C18H18N4O4. The molecule has 0 bridgehead atoms. The largest absolute Gasteiger partial charge is 0.495 e. The van der Waals surface area contributed by atoms with Crippen molar-refractivity contribution in [1.29, 1.82) is 0 Å². The molecule has 0 spiro atoms. The summed E-state index contributed by atoms with van der Waals surface area (Å²) in [6.07, 6.45) is 3.25. The summed E-state index contributed by atoms with van der Waals surface area (Å²) in [5, 5.41) is 13.7. The van der Waals surface area contributed by atoms with Crippen LogP contribution in [0.1, 0.15) is 29.5 Å². The first kappa shape index (κ1) is 17.4. The van der Waals surface area contributed by atoms with Crippen molar-refractivity contribution in [3.63, 3.8) is 0 Å². The molecule has 0 atom stereocenters. The average molecular weight is 354 g/mol. The van der Waals surface area contributed by atoms with Gasteiger partial charge in [-0.25, -0.2) is 4.98 Å². The molecule has 0 aliphatic rings. The number of hydrogen-bond donors (Lipinski definition) is 1. The highest BCUT2D eigenvalue weighted by Crippen LogP contribution is 2.29. The van der Waals surface area contributed by atoms with Crippen molar-refractivity contribution in [1.82, 2.24) is 9.38 Å². The maximum Gasteiger partial charge on any atom is 0.274 e. The van der Waals surface area contributed by atoms with Crippen LogP contribution in [-0.2, 0) is 6.42 Å². The number of pyridine rings is 1. The van der Waals surface area contributed by atoms with Crippen LogP contribution in [0.3, 0.4) is 0 Å². The number of rotatable bonds is 6. The lowest BCUT2D eigenvalue weighted by Gasteiger charge is -2.11. The maximum atomic E-state index is 12.9. The van der Waals surface area contributed by atoms with Gasteiger partial charge in [0.25, 0.3) is 11.6 Å². The lowest BCUT2D eigenvalue weighted by molar-refractivity contribution is -0.384. The number of aromatic nitrogens is 2. The Hall–Kier alpha value is -3.42. The summed E-state index contributed by atoms with van der Waals surface area (Å²) in [5.41, 5.74) is 1.87. The van der Waals surface area contributed by atoms with Crippen molar-refractivity contribution in [3.8, 4) is 5.75 Å². The third kappa shape index (κ3) is 3.21. The highest BCUT2D eigenvalue weighted by Gasteiger charge is 2.21. The Morgan fingerprint density at radius 3 is 2.85 bits per heavy atom. The van der Waals surface area contributed by atoms with E-state index in [4.69, 9.17) is 4.74 Å². The Morgan fingerprint density at radius 2 is 2.15 bits per heavy atom. The molecule has 0 aliphatic heterocycles. The molecular weight excluding hydrogens is 336 g/mol. The second kappa shape index (κ2) is 7.22. The average Bonchev–Trinajstić information content (AvgIpc) is 3.00. The van der Waals surface area contributed by atoms with Crippen LogP contribution in [0, 0.1) is 10.1 Å². The van der Waals surface area contributed by atoms with Gasteiger partial charge in [0.1, 0.15) is 17.1 Å². The summed E-state index contributed by atoms with van der Waals surface area (Å²) in [5.74, 6) is -0.0549. The van der Waals surface area contributed by atoms with E-state index in [9.17, 15) is 14.9 Å². The predicted molar refractivity (Wildman–Crippen MR) is 96.8 cm³/mol. The number of benzene rings is 1. The number of anilines is 1. The lowest BCUT2D eigenvalue weighted by Crippen LogP contribution is -2.17. The van der Waals surface area contributed by atoms with Gasteiger partial charge in [0.05, 0.1) is 23.4 Å². The lowest BCUT2D eigenvalue weighted by atomic mass is 10.2. The van der Waals surface area contributed by atoms with Crippen molar-refractivity contribution in [2.24, 2.45) is 0 Å². The highest BCUT2D eigenvalue weighted by atomic mass is 16.6. The van der Waals surface area contributed by atoms with E-state index < -0.39 is 10.8 Å². The van der Waals surface area contributed by atoms with E-state index in [2.05, 4.69) is 10.3 Å². The molecule has 1 aromatic carbocycles. The molecule has 0 aliphatic carbocycles. The molecule has 3 aromatic rings. The van der Waals surface area contributed by atoms with Crippen molar-refractivity contribution in [3.05, 3.63) is 64.1 Å². The van der Waals surface area contributed by atoms with E-state index in [1.165, 1.54) is 25.3 Å². The number of aryl methyl sites for hydroxylation is 1. The van der Waals surface area contributed by atoms with E-state index in [0.29, 0.717) is 29.2 Å². The normalized spacial score (nSPS) is 10.7. The molecule has 134 valence electrons. The molecule has 3 rings (SSSR count). The summed E-state index contributed by atoms with van der Waals surface area (Å²) in [6, 6.07) is 9.54. The number of nitro benzene ring substituents is 1. The van der Waals surface area contributed by atoms with E-state index in [1.54, 1.807) is 10.6 Å². The number of methoxy groups -OCH3 is 1. The Kier molecular flexibility index (Phi) is 4.83. The van der Waals surface area contributed by atoms with Gasteiger partial charge in [-0.15, -0.1) is 0 Å². The molecule has 26 heavy (non-hydrogen) atoms.